The molecule has 5 nitrogen and oxygen atoms in total. The lowest BCUT2D eigenvalue weighted by atomic mass is 10.00. The summed E-state index contributed by atoms with van der Waals surface area (Å²) in [4.78, 5) is 25.8. The van der Waals surface area contributed by atoms with E-state index in [0.717, 1.165) is 21.0 Å². The van der Waals surface area contributed by atoms with E-state index in [4.69, 9.17) is 11.6 Å². The molecule has 3 heterocycles. The highest BCUT2D eigenvalue weighted by Crippen LogP contribution is 2.31. The van der Waals surface area contributed by atoms with E-state index in [1.807, 2.05) is 25.1 Å². The quantitative estimate of drug-likeness (QED) is 0.346. The van der Waals surface area contributed by atoms with Gasteiger partial charge in [-0.2, -0.15) is 0 Å². The van der Waals surface area contributed by atoms with Crippen molar-refractivity contribution in [3.8, 4) is 0 Å². The molecule has 5 rings (SSSR count). The summed E-state index contributed by atoms with van der Waals surface area (Å²) in [7, 11) is 0. The Morgan fingerprint density at radius 1 is 1.16 bits per heavy atom. The zero-order valence-corrected chi connectivity index (χ0v) is 18.5. The van der Waals surface area contributed by atoms with Crippen molar-refractivity contribution in [1.82, 2.24) is 15.0 Å². The Labute approximate surface area is 191 Å². The molecule has 1 amide bonds. The minimum absolute atomic E-state index is 0.243. The van der Waals surface area contributed by atoms with E-state index >= 15 is 0 Å². The number of anilines is 1. The maximum absolute atomic E-state index is 14.4. The summed E-state index contributed by atoms with van der Waals surface area (Å²) < 4.78 is 15.2. The molecule has 0 saturated carbocycles. The van der Waals surface area contributed by atoms with Gasteiger partial charge in [0.05, 0.1) is 27.2 Å². The number of benzene rings is 2. The molecule has 3 aromatic heterocycles. The van der Waals surface area contributed by atoms with Gasteiger partial charge in [-0.25, -0.2) is 14.4 Å². The number of rotatable bonds is 4. The number of carbonyl (C=O) groups is 1. The minimum atomic E-state index is -0.372. The first-order valence-corrected chi connectivity index (χ1v) is 11.1. The number of thiophene rings is 1. The van der Waals surface area contributed by atoms with Crippen molar-refractivity contribution in [2.24, 2.45) is 0 Å². The number of carbonyl (C=O) groups excluding carboxylic acids is 1. The first kappa shape index (κ1) is 20.5. The summed E-state index contributed by atoms with van der Waals surface area (Å²) in [6.07, 6.45) is 5.11. The zero-order chi connectivity index (χ0) is 22.2. The van der Waals surface area contributed by atoms with Gasteiger partial charge in [-0.3, -0.25) is 9.78 Å². The van der Waals surface area contributed by atoms with E-state index in [-0.39, 0.29) is 11.7 Å². The first-order valence-electron chi connectivity index (χ1n) is 9.81. The molecular formula is C24H16ClFN4OS. The summed E-state index contributed by atoms with van der Waals surface area (Å²) in [5.74, 6) is -0.615. The number of fused-ring (bicyclic) bond motifs is 2. The van der Waals surface area contributed by atoms with Crippen molar-refractivity contribution in [1.29, 1.82) is 0 Å². The highest BCUT2D eigenvalue weighted by molar-refractivity contribution is 7.17. The first-order chi connectivity index (χ1) is 15.5. The molecule has 0 aliphatic rings. The van der Waals surface area contributed by atoms with E-state index < -0.39 is 0 Å². The summed E-state index contributed by atoms with van der Waals surface area (Å²) in [5, 5.41) is 6.87. The Bertz CT molecular complexity index is 1500. The van der Waals surface area contributed by atoms with E-state index in [9.17, 15) is 9.18 Å². The van der Waals surface area contributed by atoms with Gasteiger partial charge >= 0.3 is 0 Å². The summed E-state index contributed by atoms with van der Waals surface area (Å²) in [6, 6.07) is 10.4. The van der Waals surface area contributed by atoms with Crippen LogP contribution in [0.15, 0.2) is 60.5 Å². The molecule has 0 bridgehead atoms. The van der Waals surface area contributed by atoms with E-state index in [1.54, 1.807) is 29.9 Å². The predicted molar refractivity (Wildman–Crippen MR) is 126 cm³/mol. The third-order valence-corrected chi connectivity index (χ3v) is 6.47. The number of hydrogen-bond acceptors (Lipinski definition) is 5. The largest absolute Gasteiger partial charge is 0.321 e. The molecule has 8 heteroatoms. The molecule has 0 unspecified atom stereocenters. The molecule has 0 atom stereocenters. The lowest BCUT2D eigenvalue weighted by Crippen LogP contribution is -2.13. The van der Waals surface area contributed by atoms with Crippen molar-refractivity contribution in [2.75, 3.05) is 5.32 Å². The van der Waals surface area contributed by atoms with E-state index in [1.165, 1.54) is 23.7 Å². The SMILES string of the molecule is Cc1ccc2c(Cc3ccc(Cl)cc3F)nccc2c1NC(=O)c1csc2cncnc12. The van der Waals surface area contributed by atoms with Crippen LogP contribution in [0.25, 0.3) is 21.0 Å². The smallest absolute Gasteiger partial charge is 0.258 e. The molecule has 1 N–H and O–H groups in total. The average Bonchev–Trinajstić information content (AvgIpc) is 3.22. The van der Waals surface area contributed by atoms with Crippen LogP contribution in [0.3, 0.4) is 0 Å². The molecule has 0 saturated heterocycles. The lowest BCUT2D eigenvalue weighted by molar-refractivity contribution is 0.102. The van der Waals surface area contributed by atoms with Gasteiger partial charge in [0.2, 0.25) is 0 Å². The van der Waals surface area contributed by atoms with Gasteiger partial charge in [-0.15, -0.1) is 11.3 Å². The molecule has 158 valence electrons. The van der Waals surface area contributed by atoms with Crippen molar-refractivity contribution in [3.05, 3.63) is 93.7 Å². The fourth-order valence-electron chi connectivity index (χ4n) is 3.70. The van der Waals surface area contributed by atoms with Gasteiger partial charge in [0, 0.05) is 40.0 Å². The number of aromatic nitrogens is 3. The number of nitrogens with zero attached hydrogens (tertiary/aromatic N) is 3. The number of amides is 1. The minimum Gasteiger partial charge on any atom is -0.321 e. The van der Waals surface area contributed by atoms with E-state index in [0.29, 0.717) is 39.5 Å². The molecule has 5 aromatic rings. The van der Waals surface area contributed by atoms with Gasteiger partial charge in [0.25, 0.3) is 5.91 Å². The van der Waals surface area contributed by atoms with Crippen LogP contribution in [0.1, 0.15) is 27.2 Å². The number of nitrogens with one attached hydrogen (secondary N) is 1. The van der Waals surface area contributed by atoms with Crippen LogP contribution in [0, 0.1) is 12.7 Å². The molecule has 0 aliphatic carbocycles. The highest BCUT2D eigenvalue weighted by atomic mass is 35.5. The van der Waals surface area contributed by atoms with Gasteiger partial charge in [0.1, 0.15) is 12.1 Å². The summed E-state index contributed by atoms with van der Waals surface area (Å²) in [5.41, 5.74) is 3.95. The molecular weight excluding hydrogens is 447 g/mol. The molecule has 0 radical (unpaired) electrons. The Kier molecular flexibility index (Phi) is 5.28. The summed E-state index contributed by atoms with van der Waals surface area (Å²) >= 11 is 7.30. The van der Waals surface area contributed by atoms with Crippen LogP contribution in [0.4, 0.5) is 10.1 Å². The van der Waals surface area contributed by atoms with Gasteiger partial charge < -0.3 is 5.32 Å². The van der Waals surface area contributed by atoms with Crippen LogP contribution in [-0.4, -0.2) is 20.9 Å². The Morgan fingerprint density at radius 3 is 2.88 bits per heavy atom. The molecule has 0 spiro atoms. The normalized spacial score (nSPS) is 11.2. The second-order valence-corrected chi connectivity index (χ2v) is 8.71. The average molecular weight is 463 g/mol. The second-order valence-electron chi connectivity index (χ2n) is 7.36. The fourth-order valence-corrected chi connectivity index (χ4v) is 4.72. The molecule has 2 aromatic carbocycles. The standard InChI is InChI=1S/C24H16ClFN4OS/c1-13-2-5-16-17(6-7-28-20(16)8-14-3-4-15(25)9-19(14)26)22(13)30-24(31)18-11-32-21-10-27-12-29-23(18)21/h2-7,9-12H,8H2,1H3,(H,30,31). The Balaban J connectivity index is 1.54. The number of pyridine rings is 1. The van der Waals surface area contributed by atoms with Crippen molar-refractivity contribution < 1.29 is 9.18 Å². The van der Waals surface area contributed by atoms with Gasteiger partial charge in [0.15, 0.2) is 0 Å². The topological polar surface area (TPSA) is 67.8 Å². The van der Waals surface area contributed by atoms with Crippen molar-refractivity contribution in [2.45, 2.75) is 13.3 Å². The number of hydrogen-bond donors (Lipinski definition) is 1. The van der Waals surface area contributed by atoms with Crippen LogP contribution >= 0.6 is 22.9 Å². The Morgan fingerprint density at radius 2 is 2.03 bits per heavy atom. The summed E-state index contributed by atoms with van der Waals surface area (Å²) in [6.45, 7) is 1.93. The van der Waals surface area contributed by atoms with Crippen LogP contribution in [-0.2, 0) is 6.42 Å². The third-order valence-electron chi connectivity index (χ3n) is 5.33. The van der Waals surface area contributed by atoms with Crippen molar-refractivity contribution >= 4 is 55.5 Å². The highest BCUT2D eigenvalue weighted by Gasteiger charge is 2.17. The lowest BCUT2D eigenvalue weighted by Gasteiger charge is -2.14. The molecule has 0 fully saturated rings. The fraction of sp³-hybridized carbons (Fsp3) is 0.0833. The zero-order valence-electron chi connectivity index (χ0n) is 16.9. The van der Waals surface area contributed by atoms with Crippen LogP contribution in [0.2, 0.25) is 5.02 Å². The van der Waals surface area contributed by atoms with Crippen LogP contribution in [0.5, 0.6) is 0 Å². The monoisotopic (exact) mass is 462 g/mol. The van der Waals surface area contributed by atoms with Crippen LogP contribution < -0.4 is 5.32 Å². The maximum Gasteiger partial charge on any atom is 0.258 e. The third kappa shape index (κ3) is 3.70. The maximum atomic E-state index is 14.4. The predicted octanol–water partition coefficient (Wildman–Crippen LogP) is 6.18. The van der Waals surface area contributed by atoms with Gasteiger partial charge in [-0.1, -0.05) is 29.8 Å². The van der Waals surface area contributed by atoms with E-state index in [2.05, 4.69) is 20.3 Å². The molecule has 32 heavy (non-hydrogen) atoms. The molecule has 0 aliphatic heterocycles. The number of aryl methyl sites for hydroxylation is 1. The Hall–Kier alpha value is -3.42. The number of halogens is 2. The van der Waals surface area contributed by atoms with Crippen molar-refractivity contribution in [3.63, 3.8) is 0 Å². The van der Waals surface area contributed by atoms with Gasteiger partial charge in [-0.05, 0) is 36.2 Å². The second kappa shape index (κ2) is 8.26.